The normalized spacial score (nSPS) is 11.2. The molecule has 2 aromatic carbocycles. The highest BCUT2D eigenvalue weighted by atomic mass is 35.5. The van der Waals surface area contributed by atoms with Gasteiger partial charge in [-0.15, -0.1) is 0 Å². The summed E-state index contributed by atoms with van der Waals surface area (Å²) in [5, 5.41) is 3.40. The molecule has 0 aliphatic rings. The summed E-state index contributed by atoms with van der Waals surface area (Å²) in [5.74, 6) is -0.151. The van der Waals surface area contributed by atoms with Crippen LogP contribution < -0.4 is 11.1 Å². The van der Waals surface area contributed by atoms with Crippen LogP contribution in [0, 0.1) is 0 Å². The van der Waals surface area contributed by atoms with Gasteiger partial charge in [-0.2, -0.15) is 0 Å². The lowest BCUT2D eigenvalue weighted by atomic mass is 9.84. The Morgan fingerprint density at radius 2 is 1.86 bits per heavy atom. The maximum atomic E-state index is 12.2. The lowest BCUT2D eigenvalue weighted by molar-refractivity contribution is 0.0945. The summed E-state index contributed by atoms with van der Waals surface area (Å²) in [7, 11) is 0. The first-order valence-corrected chi connectivity index (χ1v) is 7.17. The molecule has 0 aromatic heterocycles. The maximum Gasteiger partial charge on any atom is 0.251 e. The molecule has 110 valence electrons. The molecule has 0 radical (unpaired) electrons. The summed E-state index contributed by atoms with van der Waals surface area (Å²) < 4.78 is 0. The van der Waals surface area contributed by atoms with E-state index < -0.39 is 0 Å². The Hall–Kier alpha value is -2.00. The molecule has 0 saturated heterocycles. The largest absolute Gasteiger partial charge is 0.398 e. The zero-order valence-corrected chi connectivity index (χ0v) is 12.9. The fourth-order valence-corrected chi connectivity index (χ4v) is 2.20. The van der Waals surface area contributed by atoms with Gasteiger partial charge in [0, 0.05) is 17.5 Å². The van der Waals surface area contributed by atoms with E-state index in [1.807, 2.05) is 18.2 Å². The molecule has 0 aliphatic carbocycles. The van der Waals surface area contributed by atoms with Gasteiger partial charge in [0.25, 0.3) is 5.91 Å². The molecule has 0 spiro atoms. The van der Waals surface area contributed by atoms with E-state index in [4.69, 9.17) is 17.3 Å². The summed E-state index contributed by atoms with van der Waals surface area (Å²) in [6, 6.07) is 15.0. The second kappa shape index (κ2) is 6.19. The lowest BCUT2D eigenvalue weighted by Gasteiger charge is -2.25. The molecule has 3 nitrogen and oxygen atoms in total. The standard InChI is InChI=1S/C17H19ClN2O/c1-17(2,13-6-4-3-5-7-13)11-20-16(21)12-8-9-14(18)15(19)10-12/h3-10H,11,19H2,1-2H3,(H,20,21). The van der Waals surface area contributed by atoms with Crippen molar-refractivity contribution in [3.63, 3.8) is 0 Å². The molecular weight excluding hydrogens is 284 g/mol. The number of amides is 1. The summed E-state index contributed by atoms with van der Waals surface area (Å²) >= 11 is 5.86. The molecule has 21 heavy (non-hydrogen) atoms. The van der Waals surface area contributed by atoms with Crippen LogP contribution in [0.5, 0.6) is 0 Å². The topological polar surface area (TPSA) is 55.1 Å². The molecule has 0 atom stereocenters. The highest BCUT2D eigenvalue weighted by Crippen LogP contribution is 2.22. The number of hydrogen-bond donors (Lipinski definition) is 2. The van der Waals surface area contributed by atoms with E-state index in [1.54, 1.807) is 18.2 Å². The van der Waals surface area contributed by atoms with Gasteiger partial charge in [-0.05, 0) is 23.8 Å². The van der Waals surface area contributed by atoms with Gasteiger partial charge < -0.3 is 11.1 Å². The molecule has 0 aliphatic heterocycles. The zero-order valence-electron chi connectivity index (χ0n) is 12.2. The average Bonchev–Trinajstić information content (AvgIpc) is 2.48. The first-order chi connectivity index (χ1) is 9.90. The maximum absolute atomic E-state index is 12.2. The van der Waals surface area contributed by atoms with E-state index in [-0.39, 0.29) is 11.3 Å². The smallest absolute Gasteiger partial charge is 0.251 e. The van der Waals surface area contributed by atoms with Crippen molar-refractivity contribution in [2.24, 2.45) is 0 Å². The number of benzene rings is 2. The molecule has 2 rings (SSSR count). The highest BCUT2D eigenvalue weighted by molar-refractivity contribution is 6.33. The minimum Gasteiger partial charge on any atom is -0.398 e. The van der Waals surface area contributed by atoms with Gasteiger partial charge in [-0.25, -0.2) is 0 Å². The minimum atomic E-state index is -0.151. The molecule has 1 amide bonds. The van der Waals surface area contributed by atoms with Crippen molar-refractivity contribution in [3.8, 4) is 0 Å². The summed E-state index contributed by atoms with van der Waals surface area (Å²) in [6.07, 6.45) is 0. The Morgan fingerprint density at radius 3 is 2.48 bits per heavy atom. The summed E-state index contributed by atoms with van der Waals surface area (Å²) in [4.78, 5) is 12.2. The number of carbonyl (C=O) groups is 1. The number of hydrogen-bond acceptors (Lipinski definition) is 2. The first kappa shape index (κ1) is 15.4. The highest BCUT2D eigenvalue weighted by Gasteiger charge is 2.21. The van der Waals surface area contributed by atoms with E-state index in [0.29, 0.717) is 22.8 Å². The van der Waals surface area contributed by atoms with Gasteiger partial charge in [0.1, 0.15) is 0 Å². The number of nitrogen functional groups attached to an aromatic ring is 1. The molecule has 0 bridgehead atoms. The Balaban J connectivity index is 2.05. The number of nitrogens with one attached hydrogen (secondary N) is 1. The van der Waals surface area contributed by atoms with Crippen LogP contribution in [0.25, 0.3) is 0 Å². The Kier molecular flexibility index (Phi) is 4.53. The number of carbonyl (C=O) groups excluding carboxylic acids is 1. The number of nitrogens with two attached hydrogens (primary N) is 1. The molecule has 3 N–H and O–H groups in total. The molecular formula is C17H19ClN2O. The Morgan fingerprint density at radius 1 is 1.19 bits per heavy atom. The van der Waals surface area contributed by atoms with Crippen molar-refractivity contribution >= 4 is 23.2 Å². The predicted molar refractivity (Wildman–Crippen MR) is 87.7 cm³/mol. The molecule has 0 heterocycles. The number of anilines is 1. The average molecular weight is 303 g/mol. The minimum absolute atomic E-state index is 0.144. The molecule has 0 unspecified atom stereocenters. The van der Waals surface area contributed by atoms with Crippen LogP contribution in [0.4, 0.5) is 5.69 Å². The van der Waals surface area contributed by atoms with Crippen molar-refractivity contribution in [1.82, 2.24) is 5.32 Å². The summed E-state index contributed by atoms with van der Waals surface area (Å²) in [5.41, 5.74) is 7.68. The van der Waals surface area contributed by atoms with E-state index in [2.05, 4.69) is 31.3 Å². The van der Waals surface area contributed by atoms with Gasteiger partial charge in [-0.3, -0.25) is 4.79 Å². The van der Waals surface area contributed by atoms with Crippen LogP contribution in [0.2, 0.25) is 5.02 Å². The number of rotatable bonds is 4. The van der Waals surface area contributed by atoms with Crippen LogP contribution in [0.3, 0.4) is 0 Å². The van der Waals surface area contributed by atoms with Crippen molar-refractivity contribution in [3.05, 3.63) is 64.7 Å². The van der Waals surface area contributed by atoms with E-state index >= 15 is 0 Å². The molecule has 0 fully saturated rings. The monoisotopic (exact) mass is 302 g/mol. The van der Waals surface area contributed by atoms with E-state index in [0.717, 1.165) is 0 Å². The summed E-state index contributed by atoms with van der Waals surface area (Å²) in [6.45, 7) is 4.73. The van der Waals surface area contributed by atoms with Crippen LogP contribution in [0.1, 0.15) is 29.8 Å². The fourth-order valence-electron chi connectivity index (χ4n) is 2.08. The Bertz CT molecular complexity index is 638. The first-order valence-electron chi connectivity index (χ1n) is 6.79. The zero-order chi connectivity index (χ0) is 15.5. The van der Waals surface area contributed by atoms with Crippen molar-refractivity contribution in [1.29, 1.82) is 0 Å². The van der Waals surface area contributed by atoms with Gasteiger partial charge in [0.2, 0.25) is 0 Å². The molecule has 4 heteroatoms. The quantitative estimate of drug-likeness (QED) is 0.847. The van der Waals surface area contributed by atoms with E-state index in [1.165, 1.54) is 5.56 Å². The van der Waals surface area contributed by atoms with Crippen LogP contribution >= 0.6 is 11.6 Å². The van der Waals surface area contributed by atoms with Crippen LogP contribution in [-0.2, 0) is 5.41 Å². The second-order valence-electron chi connectivity index (χ2n) is 5.67. The third-order valence-corrected chi connectivity index (χ3v) is 3.85. The van der Waals surface area contributed by atoms with Crippen molar-refractivity contribution in [2.75, 3.05) is 12.3 Å². The van der Waals surface area contributed by atoms with Gasteiger partial charge in [0.15, 0.2) is 0 Å². The lowest BCUT2D eigenvalue weighted by Crippen LogP contribution is -2.36. The fraction of sp³-hybridized carbons (Fsp3) is 0.235. The molecule has 2 aromatic rings. The predicted octanol–water partition coefficient (Wildman–Crippen LogP) is 3.63. The van der Waals surface area contributed by atoms with Crippen molar-refractivity contribution in [2.45, 2.75) is 19.3 Å². The third kappa shape index (κ3) is 3.76. The van der Waals surface area contributed by atoms with Crippen LogP contribution in [0.15, 0.2) is 48.5 Å². The second-order valence-corrected chi connectivity index (χ2v) is 6.08. The molecule has 0 saturated carbocycles. The SMILES string of the molecule is CC(C)(CNC(=O)c1ccc(Cl)c(N)c1)c1ccccc1. The number of halogens is 1. The Labute approximate surface area is 130 Å². The van der Waals surface area contributed by atoms with E-state index in [9.17, 15) is 4.79 Å². The van der Waals surface area contributed by atoms with Gasteiger partial charge in [-0.1, -0.05) is 55.8 Å². The van der Waals surface area contributed by atoms with Crippen LogP contribution in [-0.4, -0.2) is 12.5 Å². The third-order valence-electron chi connectivity index (χ3n) is 3.50. The van der Waals surface area contributed by atoms with Gasteiger partial charge in [0.05, 0.1) is 10.7 Å². The van der Waals surface area contributed by atoms with Crippen molar-refractivity contribution < 1.29 is 4.79 Å². The van der Waals surface area contributed by atoms with Gasteiger partial charge >= 0.3 is 0 Å².